The molecule has 2 aliphatic rings. The van der Waals surface area contributed by atoms with Crippen LogP contribution in [0.4, 0.5) is 0 Å². The lowest BCUT2D eigenvalue weighted by Gasteiger charge is -2.30. The van der Waals surface area contributed by atoms with E-state index in [4.69, 9.17) is 0 Å². The van der Waals surface area contributed by atoms with E-state index >= 15 is 0 Å². The van der Waals surface area contributed by atoms with Crippen LogP contribution in [0.15, 0.2) is 0 Å². The van der Waals surface area contributed by atoms with Crippen molar-refractivity contribution in [2.45, 2.75) is 387 Å². The number of unbranched alkanes of at least 4 members (excludes halogenated alkanes) is 38. The van der Waals surface area contributed by atoms with Gasteiger partial charge in [0, 0.05) is 0 Å². The van der Waals surface area contributed by atoms with Gasteiger partial charge in [-0.2, -0.15) is 0 Å². The molecule has 0 aliphatic heterocycles. The Labute approximate surface area is 409 Å². The Morgan fingerprint density at radius 1 is 0.203 bits per heavy atom. The fourth-order valence-corrected chi connectivity index (χ4v) is 12.4. The van der Waals surface area contributed by atoms with Gasteiger partial charge in [-0.05, 0) is 23.7 Å². The van der Waals surface area contributed by atoms with Crippen molar-refractivity contribution in [1.82, 2.24) is 0 Å². The summed E-state index contributed by atoms with van der Waals surface area (Å²) in [5, 5.41) is 0. The number of hydrogen-bond donors (Lipinski definition) is 0. The second-order valence-corrected chi connectivity index (χ2v) is 22.9. The van der Waals surface area contributed by atoms with Crippen LogP contribution in [0.3, 0.4) is 0 Å². The predicted molar refractivity (Wildman–Crippen MR) is 295 cm³/mol. The summed E-state index contributed by atoms with van der Waals surface area (Å²) in [6.45, 7) is 9.27. The zero-order valence-electron chi connectivity index (χ0n) is 45.9. The third-order valence-corrected chi connectivity index (χ3v) is 16.8. The molecule has 0 amide bonds. The topological polar surface area (TPSA) is 0 Å². The van der Waals surface area contributed by atoms with Crippen molar-refractivity contribution in [1.29, 1.82) is 0 Å². The molecular formula is C64H128. The lowest BCUT2D eigenvalue weighted by atomic mass is 9.75. The maximum Gasteiger partial charge on any atom is -0.0386 e. The van der Waals surface area contributed by atoms with Crippen molar-refractivity contribution in [3.63, 3.8) is 0 Å². The molecule has 0 spiro atoms. The molecule has 2 unspecified atom stereocenters. The standard InChI is InChI=1S/2C32H64/c2*1-3-5-7-9-11-13-15-17-19-21-24-28-31(32-29-25-22-26-30-32)27-23-20-18-16-14-12-10-8-6-4-2/h2*31-32H,3-30H2,1-2H3. The van der Waals surface area contributed by atoms with Gasteiger partial charge in [0.15, 0.2) is 0 Å². The van der Waals surface area contributed by atoms with Crippen LogP contribution in [0, 0.1) is 23.7 Å². The van der Waals surface area contributed by atoms with E-state index in [1.165, 1.54) is 308 Å². The van der Waals surface area contributed by atoms with E-state index in [2.05, 4.69) is 27.7 Å². The Bertz CT molecular complexity index is 748. The fraction of sp³-hybridized carbons (Fsp3) is 1.00. The minimum absolute atomic E-state index is 1.07. The quantitative estimate of drug-likeness (QED) is 0.0534. The minimum atomic E-state index is 1.07. The fourth-order valence-electron chi connectivity index (χ4n) is 12.4. The molecule has 0 aromatic rings. The van der Waals surface area contributed by atoms with Gasteiger partial charge in [0.1, 0.15) is 0 Å². The van der Waals surface area contributed by atoms with E-state index in [0.29, 0.717) is 0 Å². The number of rotatable bonds is 48. The first-order valence-corrected chi connectivity index (χ1v) is 31.8. The molecule has 0 bridgehead atoms. The maximum atomic E-state index is 2.32. The van der Waals surface area contributed by atoms with Crippen LogP contribution < -0.4 is 0 Å². The summed E-state index contributed by atoms with van der Waals surface area (Å²) in [6.07, 6.45) is 83.7. The van der Waals surface area contributed by atoms with Crippen LogP contribution in [0.25, 0.3) is 0 Å². The van der Waals surface area contributed by atoms with E-state index in [1.807, 2.05) is 0 Å². The van der Waals surface area contributed by atoms with Gasteiger partial charge in [-0.25, -0.2) is 0 Å². The van der Waals surface area contributed by atoms with Crippen LogP contribution in [-0.2, 0) is 0 Å². The lowest BCUT2D eigenvalue weighted by Crippen LogP contribution is -2.18. The summed E-state index contributed by atoms with van der Waals surface area (Å²) in [6, 6.07) is 0. The predicted octanol–water partition coefficient (Wildman–Crippen LogP) is 24.4. The Morgan fingerprint density at radius 3 is 0.531 bits per heavy atom. The van der Waals surface area contributed by atoms with Crippen LogP contribution in [0.2, 0.25) is 0 Å². The summed E-state index contributed by atoms with van der Waals surface area (Å²) in [4.78, 5) is 0. The van der Waals surface area contributed by atoms with Crippen LogP contribution in [0.1, 0.15) is 387 Å². The lowest BCUT2D eigenvalue weighted by molar-refractivity contribution is 0.214. The molecule has 0 heterocycles. The van der Waals surface area contributed by atoms with Gasteiger partial charge in [0.05, 0.1) is 0 Å². The largest absolute Gasteiger partial charge is 0.0654 e. The van der Waals surface area contributed by atoms with Gasteiger partial charge in [-0.3, -0.25) is 0 Å². The number of hydrogen-bond acceptors (Lipinski definition) is 0. The van der Waals surface area contributed by atoms with Crippen LogP contribution >= 0.6 is 0 Å². The second kappa shape index (κ2) is 52.4. The Balaban J connectivity index is 0.000000640. The van der Waals surface area contributed by atoms with Crippen molar-refractivity contribution in [3.05, 3.63) is 0 Å². The normalized spacial score (nSPS) is 15.9. The monoisotopic (exact) mass is 897 g/mol. The third-order valence-electron chi connectivity index (χ3n) is 16.8. The SMILES string of the molecule is CCCCCCCCCCCCCC(CCCCCCCCCCCC)C1CCCCC1.CCCCCCCCCCCCCC(CCCCCCCCCCCC)C1CCCCC1. The average molecular weight is 898 g/mol. The van der Waals surface area contributed by atoms with Gasteiger partial charge in [-0.15, -0.1) is 0 Å². The second-order valence-electron chi connectivity index (χ2n) is 22.9. The van der Waals surface area contributed by atoms with E-state index in [-0.39, 0.29) is 0 Å². The smallest absolute Gasteiger partial charge is 0.0386 e. The molecule has 384 valence electrons. The highest BCUT2D eigenvalue weighted by molar-refractivity contribution is 4.76. The highest BCUT2D eigenvalue weighted by Crippen LogP contribution is 2.37. The van der Waals surface area contributed by atoms with Crippen molar-refractivity contribution in [2.75, 3.05) is 0 Å². The molecule has 0 radical (unpaired) electrons. The molecule has 0 aromatic heterocycles. The van der Waals surface area contributed by atoms with Gasteiger partial charge in [0.2, 0.25) is 0 Å². The molecule has 0 saturated heterocycles. The molecule has 64 heavy (non-hydrogen) atoms. The first kappa shape index (κ1) is 62.0. The van der Waals surface area contributed by atoms with E-state index in [1.54, 1.807) is 51.4 Å². The minimum Gasteiger partial charge on any atom is -0.0654 e. The van der Waals surface area contributed by atoms with Crippen molar-refractivity contribution in [2.24, 2.45) is 23.7 Å². The molecule has 0 nitrogen and oxygen atoms in total. The van der Waals surface area contributed by atoms with E-state index < -0.39 is 0 Å². The van der Waals surface area contributed by atoms with Crippen LogP contribution in [-0.4, -0.2) is 0 Å². The Kier molecular flexibility index (Phi) is 50.7. The summed E-state index contributed by atoms with van der Waals surface area (Å²) >= 11 is 0. The summed E-state index contributed by atoms with van der Waals surface area (Å²) < 4.78 is 0. The first-order valence-electron chi connectivity index (χ1n) is 31.8. The first-order chi connectivity index (χ1) is 31.8. The molecular weight excluding hydrogens is 769 g/mol. The van der Waals surface area contributed by atoms with Crippen molar-refractivity contribution >= 4 is 0 Å². The summed E-state index contributed by atoms with van der Waals surface area (Å²) in [7, 11) is 0. The molecule has 0 heteroatoms. The molecule has 0 aromatic carbocycles. The summed E-state index contributed by atoms with van der Waals surface area (Å²) in [5.41, 5.74) is 0. The van der Waals surface area contributed by atoms with Crippen LogP contribution in [0.5, 0.6) is 0 Å². The molecule has 2 saturated carbocycles. The summed E-state index contributed by atoms with van der Waals surface area (Å²) in [5.74, 6) is 4.32. The average Bonchev–Trinajstić information content (AvgIpc) is 3.33. The highest BCUT2D eigenvalue weighted by atomic mass is 14.3. The van der Waals surface area contributed by atoms with E-state index in [0.717, 1.165) is 23.7 Å². The van der Waals surface area contributed by atoms with Gasteiger partial charge in [-0.1, -0.05) is 387 Å². The Morgan fingerprint density at radius 2 is 0.359 bits per heavy atom. The third kappa shape index (κ3) is 42.1. The molecule has 2 rings (SSSR count). The van der Waals surface area contributed by atoms with Crippen molar-refractivity contribution in [3.8, 4) is 0 Å². The molecule has 0 N–H and O–H groups in total. The molecule has 2 fully saturated rings. The zero-order chi connectivity index (χ0) is 45.9. The van der Waals surface area contributed by atoms with Crippen molar-refractivity contribution < 1.29 is 0 Å². The molecule has 2 aliphatic carbocycles. The molecule has 2 atom stereocenters. The van der Waals surface area contributed by atoms with Gasteiger partial charge >= 0.3 is 0 Å². The van der Waals surface area contributed by atoms with Gasteiger partial charge < -0.3 is 0 Å². The maximum absolute atomic E-state index is 2.32. The van der Waals surface area contributed by atoms with E-state index in [9.17, 15) is 0 Å². The van der Waals surface area contributed by atoms with Gasteiger partial charge in [0.25, 0.3) is 0 Å². The highest BCUT2D eigenvalue weighted by Gasteiger charge is 2.24. The Hall–Kier alpha value is 0. The zero-order valence-corrected chi connectivity index (χ0v) is 45.9.